The number of hydrogen-bond acceptors (Lipinski definition) is 5. The van der Waals surface area contributed by atoms with Crippen LogP contribution in [0.2, 0.25) is 0 Å². The van der Waals surface area contributed by atoms with Crippen molar-refractivity contribution in [3.05, 3.63) is 101 Å². The number of benzene rings is 3. The fourth-order valence-electron chi connectivity index (χ4n) is 3.73. The molecule has 1 aromatic heterocycles. The number of aromatic nitrogens is 3. The molecule has 1 N–H and O–H groups in total. The summed E-state index contributed by atoms with van der Waals surface area (Å²) in [6.07, 6.45) is 0. The Morgan fingerprint density at radius 1 is 0.941 bits per heavy atom. The van der Waals surface area contributed by atoms with E-state index >= 15 is 0 Å². The van der Waals surface area contributed by atoms with Gasteiger partial charge in [-0.15, -0.1) is 10.2 Å². The van der Waals surface area contributed by atoms with Gasteiger partial charge in [0.25, 0.3) is 0 Å². The first-order valence-corrected chi connectivity index (χ1v) is 12.2. The first-order valence-electron chi connectivity index (χ1n) is 11.2. The van der Waals surface area contributed by atoms with Crippen LogP contribution in [0.5, 0.6) is 5.75 Å². The van der Waals surface area contributed by atoms with E-state index in [4.69, 9.17) is 4.74 Å². The number of nitrogens with one attached hydrogen (secondary N) is 1. The Labute approximate surface area is 204 Å². The summed E-state index contributed by atoms with van der Waals surface area (Å²) in [6.45, 7) is 6.31. The van der Waals surface area contributed by atoms with Gasteiger partial charge in [-0.25, -0.2) is 0 Å². The molecule has 1 heterocycles. The number of carbonyl (C=O) groups excluding carboxylic acids is 1. The van der Waals surface area contributed by atoms with Gasteiger partial charge < -0.3 is 10.1 Å². The van der Waals surface area contributed by atoms with Crippen LogP contribution in [0.15, 0.2) is 84.0 Å². The van der Waals surface area contributed by atoms with E-state index in [0.29, 0.717) is 11.0 Å². The number of carbonyl (C=O) groups is 1. The minimum atomic E-state index is -0.0670. The van der Waals surface area contributed by atoms with Crippen molar-refractivity contribution in [2.24, 2.45) is 0 Å². The third-order valence-corrected chi connectivity index (χ3v) is 6.41. The summed E-state index contributed by atoms with van der Waals surface area (Å²) in [5, 5.41) is 12.5. The summed E-state index contributed by atoms with van der Waals surface area (Å²) in [4.78, 5) is 12.6. The minimum absolute atomic E-state index is 0.0581. The van der Waals surface area contributed by atoms with Gasteiger partial charge in [-0.1, -0.05) is 78.5 Å². The van der Waals surface area contributed by atoms with Gasteiger partial charge >= 0.3 is 0 Å². The zero-order valence-electron chi connectivity index (χ0n) is 19.6. The maximum Gasteiger partial charge on any atom is 0.230 e. The van der Waals surface area contributed by atoms with Crippen molar-refractivity contribution in [1.82, 2.24) is 20.1 Å². The lowest BCUT2D eigenvalue weighted by atomic mass is 10.1. The molecule has 0 bridgehead atoms. The van der Waals surface area contributed by atoms with E-state index in [0.717, 1.165) is 28.1 Å². The molecule has 0 saturated heterocycles. The van der Waals surface area contributed by atoms with Gasteiger partial charge in [0.2, 0.25) is 5.91 Å². The van der Waals surface area contributed by atoms with Crippen molar-refractivity contribution in [2.75, 3.05) is 5.75 Å². The SMILES string of the molecule is Cc1cccc(C)c1OCc1nnc(SCC(=O)NC(C)c2ccccc2)n1-c1ccccc1. The number of nitrogens with zero attached hydrogens (tertiary/aromatic N) is 3. The fraction of sp³-hybridized carbons (Fsp3) is 0.222. The van der Waals surface area contributed by atoms with E-state index < -0.39 is 0 Å². The molecule has 0 spiro atoms. The molecule has 1 atom stereocenters. The highest BCUT2D eigenvalue weighted by Crippen LogP contribution is 2.26. The van der Waals surface area contributed by atoms with Crippen molar-refractivity contribution in [2.45, 2.75) is 38.6 Å². The molecule has 34 heavy (non-hydrogen) atoms. The van der Waals surface area contributed by atoms with E-state index in [1.807, 2.05) is 104 Å². The number of aryl methyl sites for hydroxylation is 2. The number of rotatable bonds is 9. The predicted molar refractivity (Wildman–Crippen MR) is 135 cm³/mol. The summed E-state index contributed by atoms with van der Waals surface area (Å²) in [5.41, 5.74) is 4.14. The van der Waals surface area contributed by atoms with Gasteiger partial charge in [-0.3, -0.25) is 9.36 Å². The fourth-order valence-corrected chi connectivity index (χ4v) is 4.51. The molecule has 0 aliphatic rings. The van der Waals surface area contributed by atoms with Gasteiger partial charge in [0.15, 0.2) is 11.0 Å². The largest absolute Gasteiger partial charge is 0.485 e. The molecule has 3 aromatic carbocycles. The van der Waals surface area contributed by atoms with E-state index in [1.165, 1.54) is 11.8 Å². The van der Waals surface area contributed by atoms with Crippen molar-refractivity contribution in [3.63, 3.8) is 0 Å². The van der Waals surface area contributed by atoms with E-state index in [1.54, 1.807) is 0 Å². The van der Waals surface area contributed by atoms with Crippen molar-refractivity contribution >= 4 is 17.7 Å². The Hall–Kier alpha value is -3.58. The standard InChI is InChI=1S/C27H28N4O2S/c1-19-11-10-12-20(2)26(19)33-17-24-29-30-27(31(24)23-15-8-5-9-16-23)34-18-25(32)28-21(3)22-13-6-4-7-14-22/h4-16,21H,17-18H2,1-3H3,(H,28,32). The molecule has 174 valence electrons. The Morgan fingerprint density at radius 3 is 2.26 bits per heavy atom. The first-order chi connectivity index (χ1) is 16.5. The number of thioether (sulfide) groups is 1. The molecule has 0 fully saturated rings. The Morgan fingerprint density at radius 2 is 1.59 bits per heavy atom. The lowest BCUT2D eigenvalue weighted by molar-refractivity contribution is -0.119. The van der Waals surface area contributed by atoms with Gasteiger partial charge in [0, 0.05) is 5.69 Å². The van der Waals surface area contributed by atoms with Crippen LogP contribution >= 0.6 is 11.8 Å². The summed E-state index contributed by atoms with van der Waals surface area (Å²) in [6, 6.07) is 25.8. The molecular weight excluding hydrogens is 444 g/mol. The van der Waals surface area contributed by atoms with Crippen molar-refractivity contribution in [3.8, 4) is 11.4 Å². The molecular formula is C27H28N4O2S. The molecule has 0 aliphatic heterocycles. The van der Waals surface area contributed by atoms with Crippen LogP contribution in [-0.4, -0.2) is 26.4 Å². The predicted octanol–water partition coefficient (Wildman–Crippen LogP) is 5.43. The quantitative estimate of drug-likeness (QED) is 0.329. The van der Waals surface area contributed by atoms with Crippen LogP contribution in [0.3, 0.4) is 0 Å². The molecule has 0 saturated carbocycles. The summed E-state index contributed by atoms with van der Waals surface area (Å²) < 4.78 is 8.10. The Balaban J connectivity index is 1.49. The minimum Gasteiger partial charge on any atom is -0.485 e. The summed E-state index contributed by atoms with van der Waals surface area (Å²) >= 11 is 1.36. The molecule has 6 nitrogen and oxygen atoms in total. The Kier molecular flexibility index (Phi) is 7.65. The number of hydrogen-bond donors (Lipinski definition) is 1. The molecule has 4 aromatic rings. The van der Waals surface area contributed by atoms with Gasteiger partial charge in [-0.2, -0.15) is 0 Å². The van der Waals surface area contributed by atoms with Crippen LogP contribution < -0.4 is 10.1 Å². The maximum atomic E-state index is 12.6. The van der Waals surface area contributed by atoms with Crippen LogP contribution in [0.4, 0.5) is 0 Å². The monoisotopic (exact) mass is 472 g/mol. The number of amides is 1. The highest BCUT2D eigenvalue weighted by atomic mass is 32.2. The van der Waals surface area contributed by atoms with Crippen LogP contribution in [-0.2, 0) is 11.4 Å². The smallest absolute Gasteiger partial charge is 0.230 e. The molecule has 1 amide bonds. The molecule has 7 heteroatoms. The zero-order chi connectivity index (χ0) is 23.9. The Bertz CT molecular complexity index is 1220. The van der Waals surface area contributed by atoms with Crippen molar-refractivity contribution in [1.29, 1.82) is 0 Å². The molecule has 4 rings (SSSR count). The topological polar surface area (TPSA) is 69.0 Å². The number of para-hydroxylation sites is 2. The molecule has 1 unspecified atom stereocenters. The van der Waals surface area contributed by atoms with E-state index in [9.17, 15) is 4.79 Å². The highest BCUT2D eigenvalue weighted by Gasteiger charge is 2.18. The van der Waals surface area contributed by atoms with E-state index in [2.05, 4.69) is 15.5 Å². The summed E-state index contributed by atoms with van der Waals surface area (Å²) in [5.74, 6) is 1.71. The highest BCUT2D eigenvalue weighted by molar-refractivity contribution is 7.99. The molecule has 0 aliphatic carbocycles. The van der Waals surface area contributed by atoms with Crippen LogP contribution in [0.25, 0.3) is 5.69 Å². The van der Waals surface area contributed by atoms with Gasteiger partial charge in [0.05, 0.1) is 11.8 Å². The van der Waals surface area contributed by atoms with Crippen molar-refractivity contribution < 1.29 is 9.53 Å². The normalized spacial score (nSPS) is 11.7. The third-order valence-electron chi connectivity index (χ3n) is 5.48. The lowest BCUT2D eigenvalue weighted by Crippen LogP contribution is -2.28. The average Bonchev–Trinajstić information content (AvgIpc) is 3.26. The van der Waals surface area contributed by atoms with Crippen LogP contribution in [0.1, 0.15) is 35.5 Å². The maximum absolute atomic E-state index is 12.6. The lowest BCUT2D eigenvalue weighted by Gasteiger charge is -2.15. The van der Waals surface area contributed by atoms with Crippen LogP contribution in [0, 0.1) is 13.8 Å². The zero-order valence-corrected chi connectivity index (χ0v) is 20.4. The first kappa shape index (κ1) is 23.6. The molecule has 0 radical (unpaired) electrons. The second-order valence-corrected chi connectivity index (χ2v) is 9.01. The summed E-state index contributed by atoms with van der Waals surface area (Å²) in [7, 11) is 0. The van der Waals surface area contributed by atoms with Gasteiger partial charge in [-0.05, 0) is 49.6 Å². The van der Waals surface area contributed by atoms with E-state index in [-0.39, 0.29) is 24.3 Å². The second-order valence-electron chi connectivity index (χ2n) is 8.07. The number of ether oxygens (including phenoxy) is 1. The second kappa shape index (κ2) is 11.0. The van der Waals surface area contributed by atoms with Gasteiger partial charge in [0.1, 0.15) is 12.4 Å². The average molecular weight is 473 g/mol. The third kappa shape index (κ3) is 5.66.